The molecule has 20 heavy (non-hydrogen) atoms. The Morgan fingerprint density at radius 2 is 1.95 bits per heavy atom. The molecule has 0 saturated carbocycles. The van der Waals surface area contributed by atoms with Gasteiger partial charge in [0.2, 0.25) is 0 Å². The van der Waals surface area contributed by atoms with E-state index in [0.717, 1.165) is 31.0 Å². The lowest BCUT2D eigenvalue weighted by Crippen LogP contribution is -2.42. The highest BCUT2D eigenvalue weighted by molar-refractivity contribution is 5.49. The zero-order chi connectivity index (χ0) is 14.1. The van der Waals surface area contributed by atoms with Crippen LogP contribution in [0, 0.1) is 5.92 Å². The summed E-state index contributed by atoms with van der Waals surface area (Å²) in [6.07, 6.45) is 3.49. The highest BCUT2D eigenvalue weighted by atomic mass is 16.5. The molecule has 0 radical (unpaired) electrons. The van der Waals surface area contributed by atoms with Crippen molar-refractivity contribution in [1.82, 2.24) is 4.90 Å². The maximum atomic E-state index is 5.88. The van der Waals surface area contributed by atoms with Crippen molar-refractivity contribution in [1.29, 1.82) is 0 Å². The molecular formula is C16H24N2O2. The second-order valence-corrected chi connectivity index (χ2v) is 5.83. The van der Waals surface area contributed by atoms with Crippen molar-refractivity contribution < 1.29 is 9.47 Å². The van der Waals surface area contributed by atoms with Crippen LogP contribution in [0.3, 0.4) is 0 Å². The number of rotatable bonds is 3. The third kappa shape index (κ3) is 2.27. The number of nitrogens with two attached hydrogens (primary N) is 1. The van der Waals surface area contributed by atoms with Crippen molar-refractivity contribution in [2.24, 2.45) is 11.7 Å². The number of hydrogen-bond donors (Lipinski definition) is 1. The molecule has 0 aromatic heterocycles. The molecule has 2 atom stereocenters. The molecule has 1 aromatic rings. The fraction of sp³-hybridized carbons (Fsp3) is 0.625. The first-order valence-corrected chi connectivity index (χ1v) is 7.45. The Morgan fingerprint density at radius 3 is 2.65 bits per heavy atom. The van der Waals surface area contributed by atoms with Gasteiger partial charge < -0.3 is 15.2 Å². The SMILES string of the molecule is COc1cc2c(cc1OC)[C@@H]1C[C@H](CN)CCN1CC2. The molecule has 0 aliphatic carbocycles. The Balaban J connectivity index is 1.97. The minimum atomic E-state index is 0.501. The molecule has 1 fully saturated rings. The monoisotopic (exact) mass is 276 g/mol. The summed E-state index contributed by atoms with van der Waals surface area (Å²) in [5.41, 5.74) is 8.70. The molecule has 2 heterocycles. The minimum Gasteiger partial charge on any atom is -0.493 e. The zero-order valence-electron chi connectivity index (χ0n) is 12.4. The fourth-order valence-corrected chi connectivity index (χ4v) is 3.62. The largest absolute Gasteiger partial charge is 0.493 e. The lowest BCUT2D eigenvalue weighted by molar-refractivity contribution is 0.105. The lowest BCUT2D eigenvalue weighted by atomic mass is 9.82. The average molecular weight is 276 g/mol. The van der Waals surface area contributed by atoms with E-state index in [2.05, 4.69) is 17.0 Å². The highest BCUT2D eigenvalue weighted by Crippen LogP contribution is 2.42. The second-order valence-electron chi connectivity index (χ2n) is 5.83. The van der Waals surface area contributed by atoms with Crippen LogP contribution in [0.25, 0.3) is 0 Å². The molecule has 1 saturated heterocycles. The fourth-order valence-electron chi connectivity index (χ4n) is 3.62. The van der Waals surface area contributed by atoms with Crippen molar-refractivity contribution in [3.8, 4) is 11.5 Å². The van der Waals surface area contributed by atoms with Gasteiger partial charge in [-0.2, -0.15) is 0 Å². The summed E-state index contributed by atoms with van der Waals surface area (Å²) < 4.78 is 10.9. The van der Waals surface area contributed by atoms with E-state index in [1.807, 2.05) is 0 Å². The van der Waals surface area contributed by atoms with Crippen LogP contribution in [-0.2, 0) is 6.42 Å². The Kier molecular flexibility index (Phi) is 3.85. The van der Waals surface area contributed by atoms with E-state index in [1.54, 1.807) is 14.2 Å². The number of nitrogens with zero attached hydrogens (tertiary/aromatic N) is 1. The molecule has 2 N–H and O–H groups in total. The van der Waals surface area contributed by atoms with E-state index in [-0.39, 0.29) is 0 Å². The topological polar surface area (TPSA) is 47.7 Å². The zero-order valence-corrected chi connectivity index (χ0v) is 12.4. The summed E-state index contributed by atoms with van der Waals surface area (Å²) in [4.78, 5) is 2.60. The Labute approximate surface area is 120 Å². The second kappa shape index (κ2) is 5.62. The summed E-state index contributed by atoms with van der Waals surface area (Å²) in [5.74, 6) is 2.32. The van der Waals surface area contributed by atoms with Crippen LogP contribution < -0.4 is 15.2 Å². The van der Waals surface area contributed by atoms with E-state index >= 15 is 0 Å². The molecule has 2 aliphatic rings. The Bertz CT molecular complexity index is 490. The van der Waals surface area contributed by atoms with Gasteiger partial charge in [0.25, 0.3) is 0 Å². The van der Waals surface area contributed by atoms with Crippen LogP contribution in [-0.4, -0.2) is 38.8 Å². The molecule has 110 valence electrons. The van der Waals surface area contributed by atoms with Crippen LogP contribution in [0.2, 0.25) is 0 Å². The highest BCUT2D eigenvalue weighted by Gasteiger charge is 2.33. The van der Waals surface area contributed by atoms with Crippen LogP contribution >= 0.6 is 0 Å². The number of fused-ring (bicyclic) bond motifs is 3. The predicted molar refractivity (Wildman–Crippen MR) is 79.3 cm³/mol. The smallest absolute Gasteiger partial charge is 0.161 e. The maximum absolute atomic E-state index is 5.88. The summed E-state index contributed by atoms with van der Waals surface area (Å²) in [7, 11) is 3.40. The van der Waals surface area contributed by atoms with Gasteiger partial charge in [-0.05, 0) is 61.5 Å². The number of hydrogen-bond acceptors (Lipinski definition) is 4. The van der Waals surface area contributed by atoms with Gasteiger partial charge in [-0.1, -0.05) is 0 Å². The normalized spacial score (nSPS) is 25.8. The van der Waals surface area contributed by atoms with Gasteiger partial charge >= 0.3 is 0 Å². The third-order valence-corrected chi connectivity index (χ3v) is 4.83. The van der Waals surface area contributed by atoms with Gasteiger partial charge in [-0.25, -0.2) is 0 Å². The van der Waals surface area contributed by atoms with Crippen LogP contribution in [0.1, 0.15) is 30.0 Å². The van der Waals surface area contributed by atoms with Gasteiger partial charge in [0.05, 0.1) is 14.2 Å². The van der Waals surface area contributed by atoms with E-state index in [9.17, 15) is 0 Å². The summed E-state index contributed by atoms with van der Waals surface area (Å²) in [5, 5.41) is 0. The van der Waals surface area contributed by atoms with Gasteiger partial charge in [0, 0.05) is 12.6 Å². The number of piperidine rings is 1. The van der Waals surface area contributed by atoms with E-state index in [4.69, 9.17) is 15.2 Å². The van der Waals surface area contributed by atoms with Crippen molar-refractivity contribution >= 4 is 0 Å². The minimum absolute atomic E-state index is 0.501. The molecule has 0 unspecified atom stereocenters. The maximum Gasteiger partial charge on any atom is 0.161 e. The van der Waals surface area contributed by atoms with Crippen molar-refractivity contribution in [2.75, 3.05) is 33.9 Å². The molecule has 4 heteroatoms. The van der Waals surface area contributed by atoms with Gasteiger partial charge in [-0.15, -0.1) is 0 Å². The number of benzene rings is 1. The summed E-state index contributed by atoms with van der Waals surface area (Å²) >= 11 is 0. The van der Waals surface area contributed by atoms with Gasteiger partial charge in [-0.3, -0.25) is 4.90 Å². The molecule has 0 bridgehead atoms. The van der Waals surface area contributed by atoms with Crippen molar-refractivity contribution in [3.63, 3.8) is 0 Å². The lowest BCUT2D eigenvalue weighted by Gasteiger charge is -2.43. The standard InChI is InChI=1S/C16H24N2O2/c1-19-15-8-12-4-6-18-5-3-11(10-17)7-14(18)13(12)9-16(15)20-2/h8-9,11,14H,3-7,10,17H2,1-2H3/t11-,14+/m1/s1. The average Bonchev–Trinajstić information content (AvgIpc) is 2.52. The van der Waals surface area contributed by atoms with Crippen LogP contribution in [0.5, 0.6) is 11.5 Å². The number of methoxy groups -OCH3 is 2. The molecule has 1 aromatic carbocycles. The first-order chi connectivity index (χ1) is 9.76. The first-order valence-electron chi connectivity index (χ1n) is 7.45. The predicted octanol–water partition coefficient (Wildman–Crippen LogP) is 1.97. The summed E-state index contributed by atoms with van der Waals surface area (Å²) in [6, 6.07) is 4.82. The Hall–Kier alpha value is -1.26. The molecule has 4 nitrogen and oxygen atoms in total. The van der Waals surface area contributed by atoms with Gasteiger partial charge in [0.15, 0.2) is 11.5 Å². The molecule has 3 rings (SSSR count). The van der Waals surface area contributed by atoms with Gasteiger partial charge in [0.1, 0.15) is 0 Å². The van der Waals surface area contributed by atoms with Crippen LogP contribution in [0.4, 0.5) is 0 Å². The van der Waals surface area contributed by atoms with E-state index < -0.39 is 0 Å². The molecular weight excluding hydrogens is 252 g/mol. The third-order valence-electron chi connectivity index (χ3n) is 4.83. The van der Waals surface area contributed by atoms with Crippen LogP contribution in [0.15, 0.2) is 12.1 Å². The molecule has 2 aliphatic heterocycles. The summed E-state index contributed by atoms with van der Waals surface area (Å²) in [6.45, 7) is 3.11. The molecule has 0 spiro atoms. The number of ether oxygens (including phenoxy) is 2. The van der Waals surface area contributed by atoms with Crippen molar-refractivity contribution in [3.05, 3.63) is 23.3 Å². The Morgan fingerprint density at radius 1 is 1.20 bits per heavy atom. The first kappa shape index (κ1) is 13.7. The van der Waals surface area contributed by atoms with E-state index in [1.165, 1.54) is 30.5 Å². The quantitative estimate of drug-likeness (QED) is 0.917. The molecule has 0 amide bonds. The van der Waals surface area contributed by atoms with Crippen molar-refractivity contribution in [2.45, 2.75) is 25.3 Å². The van der Waals surface area contributed by atoms with E-state index in [0.29, 0.717) is 12.0 Å².